The van der Waals surface area contributed by atoms with E-state index in [9.17, 15) is 9.59 Å². The van der Waals surface area contributed by atoms with Crippen LogP contribution in [0.2, 0.25) is 10.0 Å². The first kappa shape index (κ1) is 24.6. The highest BCUT2D eigenvalue weighted by Crippen LogP contribution is 2.25. The van der Waals surface area contributed by atoms with Gasteiger partial charge in [0.15, 0.2) is 0 Å². The molecule has 0 bridgehead atoms. The fraction of sp³-hybridized carbons (Fsp3) is 0.391. The van der Waals surface area contributed by atoms with Crippen molar-refractivity contribution in [2.75, 3.05) is 12.3 Å². The largest absolute Gasteiger partial charge is 0.354 e. The average Bonchev–Trinajstić information content (AvgIpc) is 2.72. The number of hydrogen-bond donors (Lipinski definition) is 1. The Morgan fingerprint density at radius 2 is 1.80 bits per heavy atom. The van der Waals surface area contributed by atoms with Crippen LogP contribution in [-0.4, -0.2) is 35.1 Å². The highest BCUT2D eigenvalue weighted by atomic mass is 35.5. The molecular weight excluding hydrogens is 439 g/mol. The van der Waals surface area contributed by atoms with E-state index in [0.29, 0.717) is 28.9 Å². The van der Waals surface area contributed by atoms with Gasteiger partial charge in [-0.3, -0.25) is 9.59 Å². The number of thioether (sulfide) groups is 1. The number of nitrogens with one attached hydrogen (secondary N) is 1. The van der Waals surface area contributed by atoms with Crippen molar-refractivity contribution in [3.05, 3.63) is 64.1 Å². The van der Waals surface area contributed by atoms with Gasteiger partial charge < -0.3 is 10.2 Å². The van der Waals surface area contributed by atoms with Crippen LogP contribution in [0.25, 0.3) is 0 Å². The molecule has 0 aromatic heterocycles. The molecule has 4 nitrogen and oxygen atoms in total. The zero-order valence-corrected chi connectivity index (χ0v) is 19.9. The number of halogens is 2. The van der Waals surface area contributed by atoms with E-state index in [-0.39, 0.29) is 24.1 Å². The Morgan fingerprint density at radius 3 is 2.40 bits per heavy atom. The number of hydrogen-bond acceptors (Lipinski definition) is 3. The van der Waals surface area contributed by atoms with Crippen molar-refractivity contribution in [3.8, 4) is 0 Å². The van der Waals surface area contributed by atoms with Crippen LogP contribution in [0.4, 0.5) is 0 Å². The maximum atomic E-state index is 13.2. The van der Waals surface area contributed by atoms with Gasteiger partial charge in [-0.15, -0.1) is 11.8 Å². The minimum atomic E-state index is -0.570. The van der Waals surface area contributed by atoms with Crippen molar-refractivity contribution in [3.63, 3.8) is 0 Å². The highest BCUT2D eigenvalue weighted by Gasteiger charge is 2.29. The van der Waals surface area contributed by atoms with Gasteiger partial charge >= 0.3 is 0 Å². The predicted molar refractivity (Wildman–Crippen MR) is 126 cm³/mol. The van der Waals surface area contributed by atoms with Crippen LogP contribution in [0, 0.1) is 5.92 Å². The summed E-state index contributed by atoms with van der Waals surface area (Å²) >= 11 is 13.8. The van der Waals surface area contributed by atoms with E-state index in [1.165, 1.54) is 11.8 Å². The van der Waals surface area contributed by atoms with Crippen LogP contribution in [0.3, 0.4) is 0 Å². The second-order valence-corrected chi connectivity index (χ2v) is 9.31. The van der Waals surface area contributed by atoms with Crippen molar-refractivity contribution in [2.24, 2.45) is 5.92 Å². The lowest BCUT2D eigenvalue weighted by molar-refractivity contribution is -0.139. The molecule has 0 heterocycles. The van der Waals surface area contributed by atoms with E-state index in [1.54, 1.807) is 23.1 Å². The van der Waals surface area contributed by atoms with Crippen LogP contribution in [-0.2, 0) is 16.1 Å². The van der Waals surface area contributed by atoms with E-state index < -0.39 is 6.04 Å². The summed E-state index contributed by atoms with van der Waals surface area (Å²) in [6, 6.07) is 14.4. The molecule has 0 aliphatic rings. The quantitative estimate of drug-likeness (QED) is 0.459. The van der Waals surface area contributed by atoms with Crippen molar-refractivity contribution >= 4 is 46.8 Å². The Bertz CT molecular complexity index is 846. The van der Waals surface area contributed by atoms with Gasteiger partial charge in [0, 0.05) is 28.0 Å². The second-order valence-electron chi connectivity index (χ2n) is 7.42. The minimum Gasteiger partial charge on any atom is -0.354 e. The van der Waals surface area contributed by atoms with Gasteiger partial charge in [0.2, 0.25) is 11.8 Å². The number of carbonyl (C=O) groups is 2. The van der Waals surface area contributed by atoms with Gasteiger partial charge in [0.05, 0.1) is 5.75 Å². The van der Waals surface area contributed by atoms with Gasteiger partial charge in [-0.1, -0.05) is 68.2 Å². The van der Waals surface area contributed by atoms with Crippen molar-refractivity contribution < 1.29 is 9.59 Å². The van der Waals surface area contributed by atoms with Crippen LogP contribution in [0.5, 0.6) is 0 Å². The smallest absolute Gasteiger partial charge is 0.242 e. The van der Waals surface area contributed by atoms with Crippen molar-refractivity contribution in [2.45, 2.75) is 44.7 Å². The lowest BCUT2D eigenvalue weighted by Gasteiger charge is -2.31. The maximum absolute atomic E-state index is 13.2. The Balaban J connectivity index is 2.22. The van der Waals surface area contributed by atoms with Gasteiger partial charge in [-0.05, 0) is 42.2 Å². The first-order valence-electron chi connectivity index (χ1n) is 10.0. The summed E-state index contributed by atoms with van der Waals surface area (Å²) < 4.78 is 0. The lowest BCUT2D eigenvalue weighted by atomic mass is 10.1. The van der Waals surface area contributed by atoms with Crippen LogP contribution >= 0.6 is 35.0 Å². The molecule has 0 radical (unpaired) electrons. The molecule has 0 aliphatic heterocycles. The minimum absolute atomic E-state index is 0.110. The number of amides is 2. The predicted octanol–water partition coefficient (Wildman–Crippen LogP) is 5.67. The molecule has 2 amide bonds. The number of benzene rings is 2. The third kappa shape index (κ3) is 7.53. The topological polar surface area (TPSA) is 49.4 Å². The first-order chi connectivity index (χ1) is 14.3. The molecule has 162 valence electrons. The van der Waals surface area contributed by atoms with Gasteiger partial charge in [-0.25, -0.2) is 0 Å². The van der Waals surface area contributed by atoms with Gasteiger partial charge in [-0.2, -0.15) is 0 Å². The summed E-state index contributed by atoms with van der Waals surface area (Å²) in [6.45, 7) is 6.80. The molecular formula is C23H28Cl2N2O2S. The standard InChI is InChI=1S/C23H28Cl2N2O2S/c1-4-21(23(29)26-13-16(2)3)27(14-17-10-11-18(24)12-20(17)25)22(28)15-30-19-8-6-5-7-9-19/h5-12,16,21H,4,13-15H2,1-3H3,(H,26,29). The molecule has 0 saturated carbocycles. The molecule has 0 spiro atoms. The lowest BCUT2D eigenvalue weighted by Crippen LogP contribution is -2.50. The second kappa shape index (κ2) is 12.2. The molecule has 7 heteroatoms. The molecule has 0 saturated heterocycles. The number of carbonyl (C=O) groups excluding carboxylic acids is 2. The van der Waals surface area contributed by atoms with Crippen LogP contribution < -0.4 is 5.32 Å². The monoisotopic (exact) mass is 466 g/mol. The molecule has 30 heavy (non-hydrogen) atoms. The highest BCUT2D eigenvalue weighted by molar-refractivity contribution is 8.00. The molecule has 1 unspecified atom stereocenters. The molecule has 2 rings (SSSR count). The van der Waals surface area contributed by atoms with Gasteiger partial charge in [0.25, 0.3) is 0 Å². The summed E-state index contributed by atoms with van der Waals surface area (Å²) in [7, 11) is 0. The summed E-state index contributed by atoms with van der Waals surface area (Å²) in [5.41, 5.74) is 0.759. The molecule has 2 aromatic carbocycles. The Morgan fingerprint density at radius 1 is 1.10 bits per heavy atom. The Kier molecular flexibility index (Phi) is 10.0. The molecule has 2 aromatic rings. The van der Waals surface area contributed by atoms with E-state index in [2.05, 4.69) is 5.32 Å². The first-order valence-corrected chi connectivity index (χ1v) is 11.7. The SMILES string of the molecule is CCC(C(=O)NCC(C)C)N(Cc1ccc(Cl)cc1Cl)C(=O)CSc1ccccc1. The molecule has 1 N–H and O–H groups in total. The number of nitrogens with zero attached hydrogens (tertiary/aromatic N) is 1. The molecule has 0 fully saturated rings. The van der Waals surface area contributed by atoms with Crippen LogP contribution in [0.15, 0.2) is 53.4 Å². The zero-order valence-electron chi connectivity index (χ0n) is 17.5. The van der Waals surface area contributed by atoms with Gasteiger partial charge in [0.1, 0.15) is 6.04 Å². The number of rotatable bonds is 10. The van der Waals surface area contributed by atoms with Crippen molar-refractivity contribution in [1.82, 2.24) is 10.2 Å². The third-order valence-electron chi connectivity index (χ3n) is 4.53. The third-order valence-corrected chi connectivity index (χ3v) is 6.12. The maximum Gasteiger partial charge on any atom is 0.242 e. The van der Waals surface area contributed by atoms with E-state index in [1.807, 2.05) is 51.1 Å². The Labute approximate surface area is 193 Å². The summed E-state index contributed by atoms with van der Waals surface area (Å²) in [6.07, 6.45) is 0.511. The van der Waals surface area contributed by atoms with Crippen LogP contribution in [0.1, 0.15) is 32.8 Å². The molecule has 0 aliphatic carbocycles. The normalized spacial score (nSPS) is 11.9. The van der Waals surface area contributed by atoms with E-state index in [0.717, 1.165) is 10.5 Å². The Hall–Kier alpha value is -1.69. The summed E-state index contributed by atoms with van der Waals surface area (Å²) in [4.78, 5) is 28.7. The van der Waals surface area contributed by atoms with Crippen molar-refractivity contribution in [1.29, 1.82) is 0 Å². The fourth-order valence-electron chi connectivity index (χ4n) is 2.92. The summed E-state index contributed by atoms with van der Waals surface area (Å²) in [5.74, 6) is 0.314. The zero-order chi connectivity index (χ0) is 22.1. The summed E-state index contributed by atoms with van der Waals surface area (Å²) in [5, 5.41) is 3.97. The fourth-order valence-corrected chi connectivity index (χ4v) is 4.19. The average molecular weight is 467 g/mol. The van der Waals surface area contributed by atoms with E-state index in [4.69, 9.17) is 23.2 Å². The molecule has 1 atom stereocenters. The van der Waals surface area contributed by atoms with E-state index >= 15 is 0 Å².